The molecular formula is C17H17ClN2O2S. The molecule has 120 valence electrons. The number of amides is 2. The van der Waals surface area contributed by atoms with Crippen molar-refractivity contribution in [3.63, 3.8) is 0 Å². The van der Waals surface area contributed by atoms with Gasteiger partial charge in [0.1, 0.15) is 0 Å². The highest BCUT2D eigenvalue weighted by molar-refractivity contribution is 7.99. The molecule has 0 unspecified atom stereocenters. The Morgan fingerprint density at radius 2 is 1.74 bits per heavy atom. The first kappa shape index (κ1) is 17.4. The fourth-order valence-corrected chi connectivity index (χ4v) is 3.01. The van der Waals surface area contributed by atoms with E-state index >= 15 is 0 Å². The van der Waals surface area contributed by atoms with Crippen LogP contribution in [-0.4, -0.2) is 24.9 Å². The van der Waals surface area contributed by atoms with Crippen LogP contribution in [0.15, 0.2) is 58.3 Å². The molecule has 4 nitrogen and oxygen atoms in total. The minimum absolute atomic E-state index is 0.123. The standard InChI is InChI=1S/C17H17ClN2O2S/c1-12(21)19-9-10-20-17(22)15-11-13(18)7-8-16(15)23-14-5-3-2-4-6-14/h2-8,11H,9-10H2,1H3,(H,19,21)(H,20,22). The number of hydrogen-bond donors (Lipinski definition) is 2. The molecule has 2 amide bonds. The lowest BCUT2D eigenvalue weighted by molar-refractivity contribution is -0.118. The Bertz CT molecular complexity index is 692. The van der Waals surface area contributed by atoms with Gasteiger partial charge >= 0.3 is 0 Å². The predicted molar refractivity (Wildman–Crippen MR) is 93.0 cm³/mol. The van der Waals surface area contributed by atoms with Crippen molar-refractivity contribution in [3.05, 3.63) is 59.1 Å². The van der Waals surface area contributed by atoms with Crippen LogP contribution in [0.4, 0.5) is 0 Å². The summed E-state index contributed by atoms with van der Waals surface area (Å²) < 4.78 is 0. The van der Waals surface area contributed by atoms with E-state index in [1.807, 2.05) is 36.4 Å². The first-order valence-corrected chi connectivity index (χ1v) is 8.31. The summed E-state index contributed by atoms with van der Waals surface area (Å²) in [5.41, 5.74) is 0.522. The van der Waals surface area contributed by atoms with Gasteiger partial charge in [-0.2, -0.15) is 0 Å². The van der Waals surface area contributed by atoms with Crippen molar-refractivity contribution in [2.45, 2.75) is 16.7 Å². The molecule has 23 heavy (non-hydrogen) atoms. The zero-order valence-electron chi connectivity index (χ0n) is 12.6. The average molecular weight is 349 g/mol. The third-order valence-electron chi connectivity index (χ3n) is 2.94. The Kier molecular flexibility index (Phi) is 6.50. The zero-order valence-corrected chi connectivity index (χ0v) is 14.2. The molecule has 0 aromatic heterocycles. The number of nitrogens with one attached hydrogen (secondary N) is 2. The maximum absolute atomic E-state index is 12.4. The zero-order chi connectivity index (χ0) is 16.7. The van der Waals surface area contributed by atoms with Crippen molar-refractivity contribution in [1.82, 2.24) is 10.6 Å². The largest absolute Gasteiger partial charge is 0.355 e. The lowest BCUT2D eigenvalue weighted by atomic mass is 10.2. The van der Waals surface area contributed by atoms with E-state index in [1.54, 1.807) is 12.1 Å². The second-order valence-electron chi connectivity index (χ2n) is 4.79. The normalized spacial score (nSPS) is 10.2. The van der Waals surface area contributed by atoms with Gasteiger partial charge in [-0.05, 0) is 30.3 Å². The molecule has 2 aromatic rings. The molecule has 0 aliphatic rings. The number of carbonyl (C=O) groups excluding carboxylic acids is 2. The third kappa shape index (κ3) is 5.62. The Labute approximate surface area is 144 Å². The average Bonchev–Trinajstić information content (AvgIpc) is 2.54. The molecular weight excluding hydrogens is 332 g/mol. The molecule has 0 bridgehead atoms. The van der Waals surface area contributed by atoms with Crippen molar-refractivity contribution in [2.24, 2.45) is 0 Å². The van der Waals surface area contributed by atoms with E-state index in [2.05, 4.69) is 10.6 Å². The summed E-state index contributed by atoms with van der Waals surface area (Å²) in [5, 5.41) is 5.92. The Hall–Kier alpha value is -1.98. The van der Waals surface area contributed by atoms with Crippen molar-refractivity contribution in [2.75, 3.05) is 13.1 Å². The molecule has 2 aromatic carbocycles. The maximum atomic E-state index is 12.4. The highest BCUT2D eigenvalue weighted by atomic mass is 35.5. The number of benzene rings is 2. The molecule has 0 aliphatic carbocycles. The molecule has 0 spiro atoms. The molecule has 0 saturated carbocycles. The van der Waals surface area contributed by atoms with Crippen LogP contribution in [0, 0.1) is 0 Å². The summed E-state index contributed by atoms with van der Waals surface area (Å²) in [4.78, 5) is 25.0. The summed E-state index contributed by atoms with van der Waals surface area (Å²) in [6, 6.07) is 15.1. The van der Waals surface area contributed by atoms with E-state index in [0.29, 0.717) is 23.7 Å². The van der Waals surface area contributed by atoms with Crippen molar-refractivity contribution >= 4 is 35.2 Å². The van der Waals surface area contributed by atoms with E-state index in [0.717, 1.165) is 9.79 Å². The highest BCUT2D eigenvalue weighted by Crippen LogP contribution is 2.31. The van der Waals surface area contributed by atoms with Gasteiger partial charge in [-0.25, -0.2) is 0 Å². The van der Waals surface area contributed by atoms with Crippen LogP contribution in [0.1, 0.15) is 17.3 Å². The molecule has 6 heteroatoms. The van der Waals surface area contributed by atoms with Gasteiger partial charge in [-0.3, -0.25) is 9.59 Å². The third-order valence-corrected chi connectivity index (χ3v) is 4.26. The molecule has 0 fully saturated rings. The van der Waals surface area contributed by atoms with Crippen LogP contribution in [0.25, 0.3) is 0 Å². The lowest BCUT2D eigenvalue weighted by Gasteiger charge is -2.11. The predicted octanol–water partition coefficient (Wildman–Crippen LogP) is 3.36. The number of hydrogen-bond acceptors (Lipinski definition) is 3. The van der Waals surface area contributed by atoms with Crippen molar-refractivity contribution in [1.29, 1.82) is 0 Å². The van der Waals surface area contributed by atoms with Crippen molar-refractivity contribution < 1.29 is 9.59 Å². The van der Waals surface area contributed by atoms with Crippen molar-refractivity contribution in [3.8, 4) is 0 Å². The van der Waals surface area contributed by atoms with E-state index in [9.17, 15) is 9.59 Å². The molecule has 0 heterocycles. The minimum Gasteiger partial charge on any atom is -0.355 e. The summed E-state index contributed by atoms with van der Waals surface area (Å²) in [5.74, 6) is -0.335. The van der Waals surface area contributed by atoms with E-state index in [1.165, 1.54) is 18.7 Å². The van der Waals surface area contributed by atoms with Gasteiger partial charge in [0.05, 0.1) is 5.56 Å². The second-order valence-corrected chi connectivity index (χ2v) is 6.35. The van der Waals surface area contributed by atoms with Crippen LogP contribution >= 0.6 is 23.4 Å². The van der Waals surface area contributed by atoms with Gasteiger partial charge in [0.2, 0.25) is 5.91 Å². The number of carbonyl (C=O) groups is 2. The van der Waals surface area contributed by atoms with Crippen LogP contribution in [0.2, 0.25) is 5.02 Å². The van der Waals surface area contributed by atoms with Gasteiger partial charge in [-0.1, -0.05) is 41.6 Å². The fourth-order valence-electron chi connectivity index (χ4n) is 1.89. The smallest absolute Gasteiger partial charge is 0.252 e. The van der Waals surface area contributed by atoms with Gasteiger partial charge in [0, 0.05) is 34.8 Å². The summed E-state index contributed by atoms with van der Waals surface area (Å²) >= 11 is 7.53. The molecule has 2 rings (SSSR count). The Morgan fingerprint density at radius 1 is 1.04 bits per heavy atom. The van der Waals surface area contributed by atoms with E-state index in [-0.39, 0.29) is 11.8 Å². The first-order valence-electron chi connectivity index (χ1n) is 7.11. The fraction of sp³-hybridized carbons (Fsp3) is 0.176. The van der Waals surface area contributed by atoms with Crippen LogP contribution < -0.4 is 10.6 Å². The number of rotatable bonds is 6. The van der Waals surface area contributed by atoms with Gasteiger partial charge in [-0.15, -0.1) is 0 Å². The van der Waals surface area contributed by atoms with E-state index in [4.69, 9.17) is 11.6 Å². The topological polar surface area (TPSA) is 58.2 Å². The van der Waals surface area contributed by atoms with Crippen LogP contribution in [0.3, 0.4) is 0 Å². The quantitative estimate of drug-likeness (QED) is 0.787. The SMILES string of the molecule is CC(=O)NCCNC(=O)c1cc(Cl)ccc1Sc1ccccc1. The summed E-state index contributed by atoms with van der Waals surface area (Å²) in [6.45, 7) is 2.19. The van der Waals surface area contributed by atoms with Crippen LogP contribution in [-0.2, 0) is 4.79 Å². The number of halogens is 1. The van der Waals surface area contributed by atoms with Gasteiger partial charge < -0.3 is 10.6 Å². The Morgan fingerprint density at radius 3 is 2.43 bits per heavy atom. The molecule has 0 aliphatic heterocycles. The van der Waals surface area contributed by atoms with Crippen LogP contribution in [0.5, 0.6) is 0 Å². The van der Waals surface area contributed by atoms with Gasteiger partial charge in [0.25, 0.3) is 5.91 Å². The van der Waals surface area contributed by atoms with Gasteiger partial charge in [0.15, 0.2) is 0 Å². The molecule has 0 saturated heterocycles. The lowest BCUT2D eigenvalue weighted by Crippen LogP contribution is -2.33. The molecule has 0 radical (unpaired) electrons. The summed E-state index contributed by atoms with van der Waals surface area (Å²) in [6.07, 6.45) is 0. The molecule has 2 N–H and O–H groups in total. The first-order chi connectivity index (χ1) is 11.1. The monoisotopic (exact) mass is 348 g/mol. The Balaban J connectivity index is 2.08. The maximum Gasteiger partial charge on any atom is 0.252 e. The minimum atomic E-state index is -0.212. The van der Waals surface area contributed by atoms with E-state index < -0.39 is 0 Å². The second kappa shape index (κ2) is 8.60. The molecule has 0 atom stereocenters. The highest BCUT2D eigenvalue weighted by Gasteiger charge is 2.13. The summed E-state index contributed by atoms with van der Waals surface area (Å²) in [7, 11) is 0.